The summed E-state index contributed by atoms with van der Waals surface area (Å²) >= 11 is 0. The van der Waals surface area contributed by atoms with Gasteiger partial charge in [0, 0.05) is 6.42 Å². The summed E-state index contributed by atoms with van der Waals surface area (Å²) in [5.74, 6) is 0.791. The molecule has 0 N–H and O–H groups in total. The first-order valence-electron chi connectivity index (χ1n) is 3.68. The van der Waals surface area contributed by atoms with Crippen molar-refractivity contribution < 1.29 is 0 Å². The van der Waals surface area contributed by atoms with Crippen molar-refractivity contribution in [2.45, 2.75) is 33.1 Å². The molecule has 0 fully saturated rings. The molecule has 0 amide bonds. The molecule has 0 unspecified atom stereocenters. The smallest absolute Gasteiger partial charge is 0.214 e. The van der Waals surface area contributed by atoms with Crippen molar-refractivity contribution in [3.05, 3.63) is 11.4 Å². The predicted octanol–water partition coefficient (Wildman–Crippen LogP) is 2.73. The van der Waals surface area contributed by atoms with E-state index in [1.54, 1.807) is 0 Å². The Balaban J connectivity index is 3.22. The molecule has 1 nitrogen and oxygen atoms in total. The molecule has 0 aliphatic carbocycles. The van der Waals surface area contributed by atoms with Crippen LogP contribution in [-0.4, -0.2) is 6.54 Å². The van der Waals surface area contributed by atoms with Crippen molar-refractivity contribution in [2.75, 3.05) is 6.54 Å². The molecule has 52 valence electrons. The van der Waals surface area contributed by atoms with E-state index in [-0.39, 0.29) is 0 Å². The van der Waals surface area contributed by atoms with Gasteiger partial charge in [-0.25, -0.2) is 6.57 Å². The van der Waals surface area contributed by atoms with Crippen molar-refractivity contribution in [3.8, 4) is 0 Å². The molecule has 0 aliphatic rings. The van der Waals surface area contributed by atoms with Crippen LogP contribution in [0.15, 0.2) is 0 Å². The summed E-state index contributed by atoms with van der Waals surface area (Å²) in [6, 6.07) is 0. The second-order valence-electron chi connectivity index (χ2n) is 2.35. The molecule has 9 heavy (non-hydrogen) atoms. The van der Waals surface area contributed by atoms with Crippen molar-refractivity contribution in [2.24, 2.45) is 5.92 Å². The van der Waals surface area contributed by atoms with Crippen LogP contribution in [0.1, 0.15) is 33.1 Å². The summed E-state index contributed by atoms with van der Waals surface area (Å²) in [5.41, 5.74) is 0. The highest BCUT2D eigenvalue weighted by Crippen LogP contribution is 2.11. The zero-order chi connectivity index (χ0) is 7.11. The lowest BCUT2D eigenvalue weighted by molar-refractivity contribution is 0.473. The number of nitrogens with zero attached hydrogens (tertiary/aromatic N) is 1. The molecule has 0 atom stereocenters. The maximum atomic E-state index is 6.57. The lowest BCUT2D eigenvalue weighted by atomic mass is 10.00. The van der Waals surface area contributed by atoms with Crippen LogP contribution in [0.5, 0.6) is 0 Å². The molecule has 0 saturated carbocycles. The van der Waals surface area contributed by atoms with Gasteiger partial charge >= 0.3 is 0 Å². The van der Waals surface area contributed by atoms with Crippen molar-refractivity contribution in [1.82, 2.24) is 0 Å². The van der Waals surface area contributed by atoms with Gasteiger partial charge in [0.15, 0.2) is 0 Å². The van der Waals surface area contributed by atoms with Crippen LogP contribution in [0.2, 0.25) is 0 Å². The third-order valence-corrected chi connectivity index (χ3v) is 1.80. The van der Waals surface area contributed by atoms with Gasteiger partial charge in [0.25, 0.3) is 0 Å². The van der Waals surface area contributed by atoms with E-state index in [0.29, 0.717) is 6.54 Å². The highest BCUT2D eigenvalue weighted by atomic mass is 14.6. The molecule has 0 bridgehead atoms. The molecule has 0 aromatic rings. The van der Waals surface area contributed by atoms with E-state index in [9.17, 15) is 0 Å². The summed E-state index contributed by atoms with van der Waals surface area (Å²) in [6.07, 6.45) is 3.55. The summed E-state index contributed by atoms with van der Waals surface area (Å²) < 4.78 is 0. The predicted molar refractivity (Wildman–Crippen MR) is 40.2 cm³/mol. The quantitative estimate of drug-likeness (QED) is 0.509. The Kier molecular flexibility index (Phi) is 5.30. The van der Waals surface area contributed by atoms with Gasteiger partial charge in [-0.05, 0) is 5.92 Å². The van der Waals surface area contributed by atoms with Gasteiger partial charge in [-0.2, -0.15) is 0 Å². The fourth-order valence-electron chi connectivity index (χ4n) is 0.944. The summed E-state index contributed by atoms with van der Waals surface area (Å²) in [6.45, 7) is 11.7. The zero-order valence-corrected chi connectivity index (χ0v) is 6.35. The fraction of sp³-hybridized carbons (Fsp3) is 0.875. The minimum absolute atomic E-state index is 0.715. The highest BCUT2D eigenvalue weighted by Gasteiger charge is 2.02. The third kappa shape index (κ3) is 4.02. The molecule has 0 radical (unpaired) electrons. The summed E-state index contributed by atoms with van der Waals surface area (Å²) in [7, 11) is 0. The van der Waals surface area contributed by atoms with Crippen LogP contribution in [0, 0.1) is 12.5 Å². The maximum absolute atomic E-state index is 6.57. The topological polar surface area (TPSA) is 4.36 Å². The van der Waals surface area contributed by atoms with Gasteiger partial charge in [-0.3, -0.25) is 0 Å². The van der Waals surface area contributed by atoms with Crippen LogP contribution in [0.4, 0.5) is 0 Å². The number of hydrogen-bond acceptors (Lipinski definition) is 0. The molecule has 0 aromatic carbocycles. The molecule has 0 saturated heterocycles. The standard InChI is InChI=1S/C8H15N/c1-4-8(5-2)6-7-9-3/h8H,4-7H2,1-2H3. The van der Waals surface area contributed by atoms with Crippen LogP contribution in [0.25, 0.3) is 4.85 Å². The maximum Gasteiger partial charge on any atom is 0.214 e. The first-order valence-corrected chi connectivity index (χ1v) is 3.68. The fourth-order valence-corrected chi connectivity index (χ4v) is 0.944. The average Bonchev–Trinajstić information content (AvgIpc) is 1.91. The Hall–Kier alpha value is -0.510. The Morgan fingerprint density at radius 3 is 2.22 bits per heavy atom. The van der Waals surface area contributed by atoms with E-state index in [1.165, 1.54) is 12.8 Å². The van der Waals surface area contributed by atoms with Gasteiger partial charge in [-0.15, -0.1) is 0 Å². The Morgan fingerprint density at radius 1 is 1.33 bits per heavy atom. The Morgan fingerprint density at radius 2 is 1.89 bits per heavy atom. The molecule has 0 heterocycles. The normalized spacial score (nSPS) is 9.56. The molecular weight excluding hydrogens is 110 g/mol. The minimum Gasteiger partial charge on any atom is -0.317 e. The van der Waals surface area contributed by atoms with Crippen LogP contribution >= 0.6 is 0 Å². The lowest BCUT2D eigenvalue weighted by Crippen LogP contribution is -1.97. The Labute approximate surface area is 57.9 Å². The van der Waals surface area contributed by atoms with Crippen LogP contribution in [0.3, 0.4) is 0 Å². The second-order valence-corrected chi connectivity index (χ2v) is 2.35. The van der Waals surface area contributed by atoms with E-state index in [1.807, 2.05) is 0 Å². The molecular formula is C8H15N. The van der Waals surface area contributed by atoms with Crippen molar-refractivity contribution in [1.29, 1.82) is 0 Å². The second kappa shape index (κ2) is 5.62. The highest BCUT2D eigenvalue weighted by molar-refractivity contribution is 4.63. The van der Waals surface area contributed by atoms with E-state index < -0.39 is 0 Å². The monoisotopic (exact) mass is 125 g/mol. The summed E-state index contributed by atoms with van der Waals surface area (Å²) in [4.78, 5) is 3.32. The first kappa shape index (κ1) is 8.49. The van der Waals surface area contributed by atoms with E-state index >= 15 is 0 Å². The van der Waals surface area contributed by atoms with Gasteiger partial charge in [-0.1, -0.05) is 26.7 Å². The van der Waals surface area contributed by atoms with Crippen molar-refractivity contribution >= 4 is 0 Å². The minimum atomic E-state index is 0.715. The lowest BCUT2D eigenvalue weighted by Gasteiger charge is -2.05. The van der Waals surface area contributed by atoms with Crippen LogP contribution < -0.4 is 0 Å². The Bertz CT molecular complexity index is 87.2. The van der Waals surface area contributed by atoms with Crippen LogP contribution in [-0.2, 0) is 0 Å². The molecule has 0 aliphatic heterocycles. The zero-order valence-electron chi connectivity index (χ0n) is 6.35. The molecule has 0 rings (SSSR count). The number of rotatable bonds is 4. The first-order chi connectivity index (χ1) is 4.35. The van der Waals surface area contributed by atoms with E-state index in [2.05, 4.69) is 18.7 Å². The van der Waals surface area contributed by atoms with Gasteiger partial charge in [0.05, 0.1) is 0 Å². The van der Waals surface area contributed by atoms with Gasteiger partial charge < -0.3 is 4.85 Å². The molecule has 1 heteroatoms. The SMILES string of the molecule is [C-]#[N+]CCC(CC)CC. The largest absolute Gasteiger partial charge is 0.317 e. The average molecular weight is 125 g/mol. The molecule has 0 aromatic heterocycles. The van der Waals surface area contributed by atoms with E-state index in [4.69, 9.17) is 6.57 Å². The third-order valence-electron chi connectivity index (χ3n) is 1.80. The van der Waals surface area contributed by atoms with Crippen molar-refractivity contribution in [3.63, 3.8) is 0 Å². The summed E-state index contributed by atoms with van der Waals surface area (Å²) in [5, 5.41) is 0. The van der Waals surface area contributed by atoms with Gasteiger partial charge in [0.2, 0.25) is 6.54 Å². The van der Waals surface area contributed by atoms with E-state index in [0.717, 1.165) is 12.3 Å². The van der Waals surface area contributed by atoms with Gasteiger partial charge in [0.1, 0.15) is 0 Å². The number of hydrogen-bond donors (Lipinski definition) is 0. The molecule has 0 spiro atoms.